The van der Waals surface area contributed by atoms with Crippen LogP contribution >= 0.6 is 45.8 Å². The van der Waals surface area contributed by atoms with Crippen LogP contribution in [0.2, 0.25) is 10.0 Å². The van der Waals surface area contributed by atoms with Crippen LogP contribution in [0.15, 0.2) is 109 Å². The van der Waals surface area contributed by atoms with Crippen molar-refractivity contribution in [2.24, 2.45) is 0 Å². The molecule has 0 atom stereocenters. The molecular formula is C41H38Cl2IN3O4. The van der Waals surface area contributed by atoms with Crippen molar-refractivity contribution in [1.29, 1.82) is 0 Å². The molecule has 4 aromatic carbocycles. The summed E-state index contributed by atoms with van der Waals surface area (Å²) >= 11 is 15.1. The monoisotopic (exact) mass is 833 g/mol. The van der Waals surface area contributed by atoms with Crippen LogP contribution in [0.4, 0.5) is 0 Å². The first-order valence-corrected chi connectivity index (χ1v) is 18.6. The number of carbonyl (C=O) groups is 1. The smallest absolute Gasteiger partial charge is 0.246 e. The van der Waals surface area contributed by atoms with Crippen LogP contribution in [0.3, 0.4) is 0 Å². The number of hydrogen-bond acceptors (Lipinski definition) is 6. The van der Waals surface area contributed by atoms with Gasteiger partial charge in [-0.25, -0.2) is 4.98 Å². The van der Waals surface area contributed by atoms with Gasteiger partial charge in [0.1, 0.15) is 18.1 Å². The predicted octanol–water partition coefficient (Wildman–Crippen LogP) is 9.65. The summed E-state index contributed by atoms with van der Waals surface area (Å²) in [5.74, 6) is 2.38. The maximum absolute atomic E-state index is 13.0. The SMILES string of the molecule is Cc1cc(/C=C/C(=O)N2CCN(Cc3ccc(CCOc4ccc(I)cc4)cc3)CC2)cc(Cl)c1Oc1ccc(OCc2ccccc2Cl)cn1. The van der Waals surface area contributed by atoms with Gasteiger partial charge in [-0.3, -0.25) is 9.69 Å². The lowest BCUT2D eigenvalue weighted by Crippen LogP contribution is -2.47. The first-order valence-electron chi connectivity index (χ1n) is 16.7. The first-order chi connectivity index (χ1) is 24.8. The second kappa shape index (κ2) is 17.9. The third-order valence-electron chi connectivity index (χ3n) is 8.52. The van der Waals surface area contributed by atoms with Crippen molar-refractivity contribution >= 4 is 57.8 Å². The molecule has 0 spiro atoms. The van der Waals surface area contributed by atoms with Gasteiger partial charge in [-0.2, -0.15) is 0 Å². The van der Waals surface area contributed by atoms with E-state index in [1.807, 2.05) is 66.4 Å². The van der Waals surface area contributed by atoms with Gasteiger partial charge in [-0.15, -0.1) is 0 Å². The molecule has 1 aliphatic heterocycles. The fourth-order valence-corrected chi connectivity index (χ4v) is 6.53. The summed E-state index contributed by atoms with van der Waals surface area (Å²) in [6, 6.07) is 31.6. The van der Waals surface area contributed by atoms with Gasteiger partial charge < -0.3 is 19.1 Å². The Hall–Kier alpha value is -4.09. The summed E-state index contributed by atoms with van der Waals surface area (Å²) in [4.78, 5) is 21.7. The quantitative estimate of drug-likeness (QED) is 0.0871. The molecule has 51 heavy (non-hydrogen) atoms. The molecule has 0 aliphatic carbocycles. The third-order valence-corrected chi connectivity index (χ3v) is 9.89. The zero-order valence-electron chi connectivity index (χ0n) is 28.2. The highest BCUT2D eigenvalue weighted by atomic mass is 127. The normalized spacial score (nSPS) is 13.4. The number of halogens is 3. The number of rotatable bonds is 13. The number of aromatic nitrogens is 1. The number of pyridine rings is 1. The van der Waals surface area contributed by atoms with Gasteiger partial charge in [-0.1, -0.05) is 65.7 Å². The zero-order chi connectivity index (χ0) is 35.6. The van der Waals surface area contributed by atoms with Crippen LogP contribution in [-0.4, -0.2) is 53.5 Å². The Morgan fingerprint density at radius 1 is 0.843 bits per heavy atom. The average Bonchev–Trinajstić information content (AvgIpc) is 3.14. The Kier molecular flexibility index (Phi) is 12.9. The van der Waals surface area contributed by atoms with E-state index in [9.17, 15) is 4.79 Å². The highest BCUT2D eigenvalue weighted by Crippen LogP contribution is 2.34. The van der Waals surface area contributed by atoms with E-state index in [2.05, 4.69) is 56.7 Å². The van der Waals surface area contributed by atoms with Gasteiger partial charge in [0.15, 0.2) is 5.75 Å². The van der Waals surface area contributed by atoms with Gasteiger partial charge in [0.25, 0.3) is 0 Å². The summed E-state index contributed by atoms with van der Waals surface area (Å²) in [6.07, 6.45) is 5.87. The van der Waals surface area contributed by atoms with E-state index in [1.165, 1.54) is 14.7 Å². The predicted molar refractivity (Wildman–Crippen MR) is 212 cm³/mol. The molecule has 5 aromatic rings. The van der Waals surface area contributed by atoms with Gasteiger partial charge in [0.05, 0.1) is 17.8 Å². The lowest BCUT2D eigenvalue weighted by Gasteiger charge is -2.34. The van der Waals surface area contributed by atoms with Crippen molar-refractivity contribution in [2.45, 2.75) is 26.5 Å². The number of piperazine rings is 1. The minimum atomic E-state index is -0.0124. The largest absolute Gasteiger partial charge is 0.493 e. The van der Waals surface area contributed by atoms with Gasteiger partial charge in [0, 0.05) is 65.4 Å². The van der Waals surface area contributed by atoms with Gasteiger partial charge >= 0.3 is 0 Å². The number of hydrogen-bond donors (Lipinski definition) is 0. The van der Waals surface area contributed by atoms with Gasteiger partial charge in [0.2, 0.25) is 11.8 Å². The van der Waals surface area contributed by atoms with E-state index in [0.717, 1.165) is 48.5 Å². The molecule has 0 N–H and O–H groups in total. The molecular weight excluding hydrogens is 796 g/mol. The highest BCUT2D eigenvalue weighted by molar-refractivity contribution is 14.1. The van der Waals surface area contributed by atoms with E-state index < -0.39 is 0 Å². The Morgan fingerprint density at radius 3 is 2.27 bits per heavy atom. The Labute approximate surface area is 322 Å². The van der Waals surface area contributed by atoms with Crippen LogP contribution in [0.25, 0.3) is 6.08 Å². The summed E-state index contributed by atoms with van der Waals surface area (Å²) in [5.41, 5.74) is 5.06. The van der Waals surface area contributed by atoms with Crippen LogP contribution in [0, 0.1) is 10.5 Å². The maximum atomic E-state index is 13.0. The molecule has 0 saturated carbocycles. The molecule has 1 fully saturated rings. The number of amides is 1. The average molecular weight is 835 g/mol. The van der Waals surface area contributed by atoms with Crippen molar-refractivity contribution in [3.63, 3.8) is 0 Å². The molecule has 0 unspecified atom stereocenters. The topological polar surface area (TPSA) is 64.1 Å². The molecule has 0 bridgehead atoms. The zero-order valence-corrected chi connectivity index (χ0v) is 31.9. The van der Waals surface area contributed by atoms with Crippen LogP contribution in [-0.2, 0) is 24.4 Å². The highest BCUT2D eigenvalue weighted by Gasteiger charge is 2.20. The third kappa shape index (κ3) is 10.7. The minimum absolute atomic E-state index is 0.0124. The molecule has 1 aliphatic rings. The minimum Gasteiger partial charge on any atom is -0.493 e. The van der Waals surface area contributed by atoms with Crippen molar-refractivity contribution in [3.8, 4) is 23.1 Å². The van der Waals surface area contributed by atoms with E-state index >= 15 is 0 Å². The van der Waals surface area contributed by atoms with Crippen LogP contribution < -0.4 is 14.2 Å². The number of carbonyl (C=O) groups excluding carboxylic acids is 1. The van der Waals surface area contributed by atoms with E-state index in [4.69, 9.17) is 37.4 Å². The van der Waals surface area contributed by atoms with E-state index in [1.54, 1.807) is 36.5 Å². The van der Waals surface area contributed by atoms with Crippen molar-refractivity contribution in [2.75, 3.05) is 32.8 Å². The fourth-order valence-electron chi connectivity index (χ4n) is 5.66. The van der Waals surface area contributed by atoms with E-state index in [0.29, 0.717) is 53.7 Å². The number of ether oxygens (including phenoxy) is 3. The molecule has 0 radical (unpaired) electrons. The second-order valence-corrected chi connectivity index (χ2v) is 14.3. The van der Waals surface area contributed by atoms with Crippen LogP contribution in [0.1, 0.15) is 27.8 Å². The molecule has 1 amide bonds. The Balaban J connectivity index is 0.935. The number of aryl methyl sites for hydroxylation is 1. The molecule has 7 nitrogen and oxygen atoms in total. The molecule has 1 saturated heterocycles. The second-order valence-electron chi connectivity index (χ2n) is 12.3. The molecule has 10 heteroatoms. The summed E-state index contributed by atoms with van der Waals surface area (Å²) in [5, 5.41) is 1.09. The Morgan fingerprint density at radius 2 is 1.57 bits per heavy atom. The summed E-state index contributed by atoms with van der Waals surface area (Å²) < 4.78 is 18.9. The molecule has 2 heterocycles. The van der Waals surface area contributed by atoms with Crippen molar-refractivity contribution < 1.29 is 19.0 Å². The van der Waals surface area contributed by atoms with E-state index in [-0.39, 0.29) is 5.91 Å². The Bertz CT molecular complexity index is 1920. The fraction of sp³-hybridized carbons (Fsp3) is 0.220. The lowest BCUT2D eigenvalue weighted by atomic mass is 10.1. The number of nitrogens with zero attached hydrogens (tertiary/aromatic N) is 3. The van der Waals surface area contributed by atoms with Crippen molar-refractivity contribution in [1.82, 2.24) is 14.8 Å². The molecule has 262 valence electrons. The standard InChI is InChI=1S/C41H38Cl2IN3O4/c1-29-24-32(25-38(43)41(29)51-39-16-15-36(26-45-39)50-28-33-4-2-3-5-37(33)42)10-17-40(48)47-21-19-46(20-22-47)27-31-8-6-30(7-9-31)18-23-49-35-13-11-34(44)12-14-35/h2-17,24-26H,18-23,27-28H2,1H3/b17-10+. The van der Waals surface area contributed by atoms with Gasteiger partial charge in [-0.05, 0) is 106 Å². The molecule has 6 rings (SSSR count). The summed E-state index contributed by atoms with van der Waals surface area (Å²) in [7, 11) is 0. The summed E-state index contributed by atoms with van der Waals surface area (Å²) in [6.45, 7) is 6.77. The first kappa shape index (κ1) is 36.7. The lowest BCUT2D eigenvalue weighted by molar-refractivity contribution is -0.127. The number of benzene rings is 4. The molecule has 1 aromatic heterocycles. The van der Waals surface area contributed by atoms with Crippen molar-refractivity contribution in [3.05, 3.63) is 151 Å². The maximum Gasteiger partial charge on any atom is 0.246 e. The van der Waals surface area contributed by atoms with Crippen LogP contribution in [0.5, 0.6) is 23.1 Å².